The minimum Gasteiger partial charge on any atom is -0.302 e. The van der Waals surface area contributed by atoms with E-state index in [2.05, 4.69) is 17.2 Å². The first-order valence-corrected chi connectivity index (χ1v) is 7.90. The molecule has 0 spiro atoms. The summed E-state index contributed by atoms with van der Waals surface area (Å²) >= 11 is 1.43. The normalized spacial score (nSPS) is 12.1. The van der Waals surface area contributed by atoms with Crippen LogP contribution in [0.3, 0.4) is 0 Å². The van der Waals surface area contributed by atoms with Gasteiger partial charge in [-0.25, -0.2) is 9.37 Å². The van der Waals surface area contributed by atoms with Gasteiger partial charge in [0.2, 0.25) is 5.91 Å². The van der Waals surface area contributed by atoms with Gasteiger partial charge in [-0.15, -0.1) is 11.3 Å². The molecule has 0 saturated heterocycles. The van der Waals surface area contributed by atoms with Crippen molar-refractivity contribution in [3.63, 3.8) is 0 Å². The lowest BCUT2D eigenvalue weighted by atomic mass is 10.1. The molecule has 0 aliphatic carbocycles. The number of nitrogens with one attached hydrogen (secondary N) is 1. The summed E-state index contributed by atoms with van der Waals surface area (Å²) in [5, 5.41) is 3.44. The molecule has 0 radical (unpaired) electrons. The Morgan fingerprint density at radius 1 is 1.48 bits per heavy atom. The van der Waals surface area contributed by atoms with E-state index in [0.29, 0.717) is 11.6 Å². The Bertz CT molecular complexity index is 612. The Hall–Kier alpha value is -1.75. The lowest BCUT2D eigenvalue weighted by Crippen LogP contribution is -2.19. The predicted octanol–water partition coefficient (Wildman–Crippen LogP) is 4.25. The van der Waals surface area contributed by atoms with Crippen LogP contribution >= 0.6 is 11.3 Å². The number of aromatic nitrogens is 1. The van der Waals surface area contributed by atoms with Crippen LogP contribution in [0.5, 0.6) is 0 Å². The zero-order valence-corrected chi connectivity index (χ0v) is 13.0. The number of benzene rings is 1. The Labute approximate surface area is 128 Å². The van der Waals surface area contributed by atoms with Gasteiger partial charge in [0.15, 0.2) is 5.13 Å². The van der Waals surface area contributed by atoms with Crippen molar-refractivity contribution in [3.8, 4) is 0 Å². The van der Waals surface area contributed by atoms with Crippen molar-refractivity contribution in [2.75, 3.05) is 5.32 Å². The van der Waals surface area contributed by atoms with Crippen LogP contribution in [0.2, 0.25) is 0 Å². The van der Waals surface area contributed by atoms with E-state index in [4.69, 9.17) is 0 Å². The Kier molecular flexibility index (Phi) is 5.44. The number of thiazole rings is 1. The summed E-state index contributed by atoms with van der Waals surface area (Å²) in [5.74, 6) is -0.243. The third-order valence-electron chi connectivity index (χ3n) is 3.22. The van der Waals surface area contributed by atoms with Crippen LogP contribution in [0.4, 0.5) is 9.52 Å². The van der Waals surface area contributed by atoms with Crippen molar-refractivity contribution < 1.29 is 9.18 Å². The summed E-state index contributed by atoms with van der Waals surface area (Å²) in [4.78, 5) is 17.1. The number of amides is 1. The van der Waals surface area contributed by atoms with E-state index in [9.17, 15) is 9.18 Å². The number of carbonyl (C=O) groups excluding carboxylic acids is 1. The smallest absolute Gasteiger partial charge is 0.228 e. The van der Waals surface area contributed by atoms with E-state index in [-0.39, 0.29) is 17.6 Å². The number of rotatable bonds is 6. The molecule has 5 heteroatoms. The molecule has 1 aromatic heterocycles. The van der Waals surface area contributed by atoms with Gasteiger partial charge in [-0.1, -0.05) is 32.4 Å². The first kappa shape index (κ1) is 15.6. The van der Waals surface area contributed by atoms with Crippen LogP contribution in [0.1, 0.15) is 37.1 Å². The molecule has 1 atom stereocenters. The van der Waals surface area contributed by atoms with Crippen molar-refractivity contribution in [3.05, 3.63) is 46.7 Å². The quantitative estimate of drug-likeness (QED) is 0.867. The standard InChI is InChI=1S/C16H19FN2OS/c1-3-5-11(2)15(20)19-16-18-10-14(21-16)9-12-6-4-7-13(17)8-12/h4,6-8,10-11H,3,5,9H2,1-2H3,(H,18,19,20). The van der Waals surface area contributed by atoms with Crippen molar-refractivity contribution in [1.29, 1.82) is 0 Å². The van der Waals surface area contributed by atoms with Crippen LogP contribution < -0.4 is 5.32 Å². The second-order valence-electron chi connectivity index (χ2n) is 5.12. The molecule has 112 valence electrons. The molecule has 21 heavy (non-hydrogen) atoms. The molecule has 0 fully saturated rings. The molecule has 0 bridgehead atoms. The van der Waals surface area contributed by atoms with Gasteiger partial charge < -0.3 is 5.32 Å². The number of carbonyl (C=O) groups is 1. The highest BCUT2D eigenvalue weighted by Gasteiger charge is 2.13. The molecule has 1 amide bonds. The van der Waals surface area contributed by atoms with Crippen molar-refractivity contribution in [2.24, 2.45) is 5.92 Å². The van der Waals surface area contributed by atoms with E-state index in [1.165, 1.54) is 23.5 Å². The summed E-state index contributed by atoms with van der Waals surface area (Å²) in [6, 6.07) is 6.52. The summed E-state index contributed by atoms with van der Waals surface area (Å²) in [6.45, 7) is 3.98. The van der Waals surface area contributed by atoms with E-state index in [1.807, 2.05) is 13.0 Å². The van der Waals surface area contributed by atoms with Gasteiger partial charge in [-0.2, -0.15) is 0 Å². The van der Waals surface area contributed by atoms with Gasteiger partial charge in [0.25, 0.3) is 0 Å². The van der Waals surface area contributed by atoms with E-state index in [0.717, 1.165) is 23.3 Å². The number of nitrogens with zero attached hydrogens (tertiary/aromatic N) is 1. The molecular weight excluding hydrogens is 287 g/mol. The summed E-state index contributed by atoms with van der Waals surface area (Å²) in [6.07, 6.45) is 4.20. The molecule has 1 N–H and O–H groups in total. The molecule has 1 heterocycles. The van der Waals surface area contributed by atoms with E-state index >= 15 is 0 Å². The summed E-state index contributed by atoms with van der Waals surface area (Å²) in [5.41, 5.74) is 0.899. The van der Waals surface area contributed by atoms with E-state index in [1.54, 1.807) is 12.3 Å². The van der Waals surface area contributed by atoms with Crippen LogP contribution in [0, 0.1) is 11.7 Å². The van der Waals surface area contributed by atoms with Gasteiger partial charge in [0.05, 0.1) is 0 Å². The number of hydrogen-bond acceptors (Lipinski definition) is 3. The van der Waals surface area contributed by atoms with Crippen molar-refractivity contribution in [2.45, 2.75) is 33.1 Å². The Balaban J connectivity index is 1.97. The maximum atomic E-state index is 13.1. The largest absolute Gasteiger partial charge is 0.302 e. The molecule has 3 nitrogen and oxygen atoms in total. The highest BCUT2D eigenvalue weighted by molar-refractivity contribution is 7.15. The highest BCUT2D eigenvalue weighted by Crippen LogP contribution is 2.22. The van der Waals surface area contributed by atoms with Crippen LogP contribution in [0.15, 0.2) is 30.5 Å². The van der Waals surface area contributed by atoms with Crippen LogP contribution in [-0.4, -0.2) is 10.9 Å². The average Bonchev–Trinajstić information content (AvgIpc) is 2.86. The molecule has 0 aliphatic rings. The zero-order valence-electron chi connectivity index (χ0n) is 12.2. The summed E-state index contributed by atoms with van der Waals surface area (Å²) < 4.78 is 13.1. The van der Waals surface area contributed by atoms with Gasteiger partial charge in [-0.3, -0.25) is 4.79 Å². The third-order valence-corrected chi connectivity index (χ3v) is 4.13. The van der Waals surface area contributed by atoms with Gasteiger partial charge in [0.1, 0.15) is 5.82 Å². The number of hydrogen-bond donors (Lipinski definition) is 1. The first-order valence-electron chi connectivity index (χ1n) is 7.08. The monoisotopic (exact) mass is 306 g/mol. The zero-order chi connectivity index (χ0) is 15.2. The third kappa shape index (κ3) is 4.63. The molecule has 2 aromatic rings. The maximum absolute atomic E-state index is 13.1. The highest BCUT2D eigenvalue weighted by atomic mass is 32.1. The molecule has 2 rings (SSSR count). The minimum atomic E-state index is -0.237. The van der Waals surface area contributed by atoms with Gasteiger partial charge in [-0.05, 0) is 24.1 Å². The second-order valence-corrected chi connectivity index (χ2v) is 6.23. The fourth-order valence-electron chi connectivity index (χ4n) is 2.09. The number of anilines is 1. The van der Waals surface area contributed by atoms with Crippen molar-refractivity contribution >= 4 is 22.4 Å². The predicted molar refractivity (Wildman–Crippen MR) is 84.0 cm³/mol. The van der Waals surface area contributed by atoms with E-state index < -0.39 is 0 Å². The second kappa shape index (κ2) is 7.31. The van der Waals surface area contributed by atoms with Crippen molar-refractivity contribution in [1.82, 2.24) is 4.98 Å². The molecule has 0 aliphatic heterocycles. The molecule has 1 unspecified atom stereocenters. The minimum absolute atomic E-state index is 0.00325. The Morgan fingerprint density at radius 2 is 2.29 bits per heavy atom. The summed E-state index contributed by atoms with van der Waals surface area (Å²) in [7, 11) is 0. The SMILES string of the molecule is CCCC(C)C(=O)Nc1ncc(Cc2cccc(F)c2)s1. The van der Waals surface area contributed by atoms with Gasteiger partial charge in [0, 0.05) is 23.4 Å². The lowest BCUT2D eigenvalue weighted by Gasteiger charge is -2.08. The molecule has 1 aromatic carbocycles. The number of halogens is 1. The fourth-order valence-corrected chi connectivity index (χ4v) is 2.94. The Morgan fingerprint density at radius 3 is 3.00 bits per heavy atom. The van der Waals surface area contributed by atoms with Crippen LogP contribution in [-0.2, 0) is 11.2 Å². The molecule has 0 saturated carbocycles. The average molecular weight is 306 g/mol. The topological polar surface area (TPSA) is 42.0 Å². The van der Waals surface area contributed by atoms with Gasteiger partial charge >= 0.3 is 0 Å². The fraction of sp³-hybridized carbons (Fsp3) is 0.375. The molecular formula is C16H19FN2OS. The first-order chi connectivity index (χ1) is 10.1. The van der Waals surface area contributed by atoms with Crippen LogP contribution in [0.25, 0.3) is 0 Å². The lowest BCUT2D eigenvalue weighted by molar-refractivity contribution is -0.119. The maximum Gasteiger partial charge on any atom is 0.228 e.